The highest BCUT2D eigenvalue weighted by Gasteiger charge is 2.30. The van der Waals surface area contributed by atoms with E-state index < -0.39 is 34.6 Å². The average Bonchev–Trinajstić information content (AvgIpc) is 2.77. The molecule has 1 heterocycles. The monoisotopic (exact) mass is 475 g/mol. The van der Waals surface area contributed by atoms with Crippen molar-refractivity contribution >= 4 is 5.91 Å². The van der Waals surface area contributed by atoms with Crippen LogP contribution in [0.25, 0.3) is 5.69 Å². The van der Waals surface area contributed by atoms with Crippen LogP contribution in [0.1, 0.15) is 27.2 Å². The van der Waals surface area contributed by atoms with Crippen LogP contribution < -0.4 is 16.6 Å². The smallest absolute Gasteiger partial charge is 0.349 e. The zero-order chi connectivity index (χ0) is 25.0. The van der Waals surface area contributed by atoms with E-state index in [1.807, 2.05) is 25.9 Å². The molecule has 3 aromatic rings. The van der Waals surface area contributed by atoms with Gasteiger partial charge in [0.1, 0.15) is 0 Å². The van der Waals surface area contributed by atoms with Crippen molar-refractivity contribution < 1.29 is 18.0 Å². The molecule has 0 spiro atoms. The summed E-state index contributed by atoms with van der Waals surface area (Å²) >= 11 is 0. The van der Waals surface area contributed by atoms with E-state index in [4.69, 9.17) is 0 Å². The molecule has 11 heteroatoms. The van der Waals surface area contributed by atoms with Gasteiger partial charge in [0, 0.05) is 13.1 Å². The minimum absolute atomic E-state index is 0.246. The first-order valence-corrected chi connectivity index (χ1v) is 10.4. The van der Waals surface area contributed by atoms with E-state index in [-0.39, 0.29) is 18.7 Å². The molecule has 0 unspecified atom stereocenters. The lowest BCUT2D eigenvalue weighted by atomic mass is 10.1. The predicted octanol–water partition coefficient (Wildman–Crippen LogP) is 2.06. The number of hydrogen-bond donors (Lipinski definition) is 1. The Kier molecular flexibility index (Phi) is 7.35. The second-order valence-corrected chi connectivity index (χ2v) is 8.02. The number of carbonyl (C=O) groups excluding carboxylic acids is 1. The molecule has 0 bridgehead atoms. The number of rotatable bonds is 7. The van der Waals surface area contributed by atoms with E-state index >= 15 is 0 Å². The molecule has 0 saturated carbocycles. The first kappa shape index (κ1) is 24.9. The van der Waals surface area contributed by atoms with E-state index in [1.165, 1.54) is 12.1 Å². The Bertz CT molecular complexity index is 1280. The maximum atomic E-state index is 13.1. The van der Waals surface area contributed by atoms with Crippen LogP contribution in [0.3, 0.4) is 0 Å². The molecule has 0 aliphatic rings. The number of aromatic nitrogens is 3. The first-order valence-electron chi connectivity index (χ1n) is 10.4. The maximum Gasteiger partial charge on any atom is 0.416 e. The van der Waals surface area contributed by atoms with Crippen molar-refractivity contribution in [2.75, 3.05) is 27.2 Å². The summed E-state index contributed by atoms with van der Waals surface area (Å²) in [6.45, 7) is 2.29. The Hall–Kier alpha value is -3.73. The summed E-state index contributed by atoms with van der Waals surface area (Å²) in [6.07, 6.45) is -4.51. The molecule has 3 rings (SSSR count). The van der Waals surface area contributed by atoms with Crippen LogP contribution in [0.5, 0.6) is 0 Å². The van der Waals surface area contributed by atoms with Crippen molar-refractivity contribution in [1.82, 2.24) is 24.6 Å². The third kappa shape index (κ3) is 5.79. The highest BCUT2D eigenvalue weighted by molar-refractivity contribution is 5.91. The van der Waals surface area contributed by atoms with Gasteiger partial charge in [0.2, 0.25) is 5.69 Å². The fraction of sp³-hybridized carbons (Fsp3) is 0.304. The van der Waals surface area contributed by atoms with Crippen LogP contribution in [-0.4, -0.2) is 52.3 Å². The minimum Gasteiger partial charge on any atom is -0.349 e. The Morgan fingerprint density at radius 3 is 2.21 bits per heavy atom. The molecule has 1 amide bonds. The van der Waals surface area contributed by atoms with Gasteiger partial charge < -0.3 is 10.2 Å². The summed E-state index contributed by atoms with van der Waals surface area (Å²) < 4.78 is 40.3. The normalized spacial score (nSPS) is 11.6. The summed E-state index contributed by atoms with van der Waals surface area (Å²) in [5.41, 5.74) is -1.56. The molecule has 8 nitrogen and oxygen atoms in total. The second kappa shape index (κ2) is 10.0. The Balaban J connectivity index is 2.07. The highest BCUT2D eigenvalue weighted by Crippen LogP contribution is 2.29. The second-order valence-electron chi connectivity index (χ2n) is 8.02. The molecule has 0 aliphatic carbocycles. The molecule has 0 atom stereocenters. The number of nitrogens with zero attached hydrogens (tertiary/aromatic N) is 4. The van der Waals surface area contributed by atoms with Gasteiger partial charge in [-0.1, -0.05) is 29.8 Å². The van der Waals surface area contributed by atoms with Crippen LogP contribution in [0.4, 0.5) is 13.2 Å². The average molecular weight is 475 g/mol. The molecule has 180 valence electrons. The van der Waals surface area contributed by atoms with Gasteiger partial charge in [-0.2, -0.15) is 23.0 Å². The fourth-order valence-corrected chi connectivity index (χ4v) is 3.11. The summed E-state index contributed by atoms with van der Waals surface area (Å²) in [6, 6.07) is 10.8. The molecular formula is C23H24F3N5O3. The van der Waals surface area contributed by atoms with Gasteiger partial charge in [-0.15, -0.1) is 0 Å². The van der Waals surface area contributed by atoms with Crippen molar-refractivity contribution in [3.63, 3.8) is 0 Å². The summed E-state index contributed by atoms with van der Waals surface area (Å²) in [7, 11) is 3.64. The third-order valence-electron chi connectivity index (χ3n) is 5.02. The van der Waals surface area contributed by atoms with Crippen LogP contribution >= 0.6 is 0 Å². The number of hydrogen-bond acceptors (Lipinski definition) is 5. The number of likely N-dealkylation sites (N-methyl/N-ethyl adjacent to an activating group) is 1. The Labute approximate surface area is 193 Å². The van der Waals surface area contributed by atoms with Crippen LogP contribution in [0, 0.1) is 6.92 Å². The van der Waals surface area contributed by atoms with Gasteiger partial charge in [0.05, 0.1) is 17.8 Å². The SMILES string of the molecule is Cc1ccc(-n2nc(C(=O)NCCN(C)C)c(=O)n(Cc3ccc(C(F)(F)F)cc3)c2=O)cc1. The predicted molar refractivity (Wildman–Crippen MR) is 120 cm³/mol. The van der Waals surface area contributed by atoms with E-state index in [1.54, 1.807) is 24.3 Å². The van der Waals surface area contributed by atoms with Gasteiger partial charge in [-0.25, -0.2) is 4.79 Å². The third-order valence-corrected chi connectivity index (χ3v) is 5.02. The van der Waals surface area contributed by atoms with Crippen molar-refractivity contribution in [2.45, 2.75) is 19.6 Å². The lowest BCUT2D eigenvalue weighted by molar-refractivity contribution is -0.137. The van der Waals surface area contributed by atoms with Crippen molar-refractivity contribution in [2.24, 2.45) is 0 Å². The molecule has 1 aromatic heterocycles. The van der Waals surface area contributed by atoms with Crippen LogP contribution in [0.2, 0.25) is 0 Å². The van der Waals surface area contributed by atoms with E-state index in [9.17, 15) is 27.6 Å². The molecular weight excluding hydrogens is 451 g/mol. The number of benzene rings is 2. The molecule has 0 saturated heterocycles. The Morgan fingerprint density at radius 1 is 1.03 bits per heavy atom. The van der Waals surface area contributed by atoms with E-state index in [0.717, 1.165) is 26.9 Å². The lowest BCUT2D eigenvalue weighted by Crippen LogP contribution is -2.46. The highest BCUT2D eigenvalue weighted by atomic mass is 19.4. The molecule has 34 heavy (non-hydrogen) atoms. The molecule has 1 N–H and O–H groups in total. The van der Waals surface area contributed by atoms with E-state index in [0.29, 0.717) is 12.2 Å². The standard InChI is InChI=1S/C23H24F3N5O3/c1-15-4-10-18(11-5-15)31-22(34)30(14-16-6-8-17(9-7-16)23(24,25)26)21(33)19(28-31)20(32)27-12-13-29(2)3/h4-11H,12-14H2,1-3H3,(H,27,32). The van der Waals surface area contributed by atoms with Crippen molar-refractivity contribution in [1.29, 1.82) is 0 Å². The summed E-state index contributed by atoms with van der Waals surface area (Å²) in [5.74, 6) is -0.756. The molecule has 2 aromatic carbocycles. The Morgan fingerprint density at radius 2 is 1.65 bits per heavy atom. The number of alkyl halides is 3. The van der Waals surface area contributed by atoms with Gasteiger partial charge in [0.25, 0.3) is 11.5 Å². The first-order chi connectivity index (χ1) is 16.0. The topological polar surface area (TPSA) is 89.2 Å². The summed E-state index contributed by atoms with van der Waals surface area (Å²) in [5, 5.41) is 6.61. The number of aryl methyl sites for hydroxylation is 1. The number of carbonyl (C=O) groups is 1. The fourth-order valence-electron chi connectivity index (χ4n) is 3.11. The summed E-state index contributed by atoms with van der Waals surface area (Å²) in [4.78, 5) is 40.7. The zero-order valence-corrected chi connectivity index (χ0v) is 18.9. The number of nitrogens with one attached hydrogen (secondary N) is 1. The van der Waals surface area contributed by atoms with Gasteiger partial charge in [0.15, 0.2) is 0 Å². The van der Waals surface area contributed by atoms with Gasteiger partial charge in [-0.05, 0) is 50.8 Å². The minimum atomic E-state index is -4.51. The quantitative estimate of drug-likeness (QED) is 0.565. The number of halogens is 3. The molecule has 0 radical (unpaired) electrons. The lowest BCUT2D eigenvalue weighted by Gasteiger charge is -2.14. The molecule has 0 aliphatic heterocycles. The van der Waals surface area contributed by atoms with Crippen LogP contribution in [-0.2, 0) is 12.7 Å². The van der Waals surface area contributed by atoms with Gasteiger partial charge >= 0.3 is 11.9 Å². The van der Waals surface area contributed by atoms with E-state index in [2.05, 4.69) is 10.4 Å². The van der Waals surface area contributed by atoms with Crippen molar-refractivity contribution in [3.05, 3.63) is 91.8 Å². The van der Waals surface area contributed by atoms with Gasteiger partial charge in [-0.3, -0.25) is 14.2 Å². The molecule has 0 fully saturated rings. The van der Waals surface area contributed by atoms with Crippen LogP contribution in [0.15, 0.2) is 58.1 Å². The maximum absolute atomic E-state index is 13.1. The van der Waals surface area contributed by atoms with Crippen molar-refractivity contribution in [3.8, 4) is 5.69 Å². The number of amides is 1. The largest absolute Gasteiger partial charge is 0.416 e. The zero-order valence-electron chi connectivity index (χ0n) is 18.9.